The lowest BCUT2D eigenvalue weighted by Gasteiger charge is -2.14. The Morgan fingerprint density at radius 1 is 1.42 bits per heavy atom. The molecule has 0 atom stereocenters. The van der Waals surface area contributed by atoms with Crippen molar-refractivity contribution in [1.29, 1.82) is 0 Å². The SMILES string of the molecule is CN(c1ncc(F)cn1)C1CC1. The molecule has 0 spiro atoms. The van der Waals surface area contributed by atoms with E-state index in [4.69, 9.17) is 0 Å². The van der Waals surface area contributed by atoms with Gasteiger partial charge < -0.3 is 4.90 Å². The Balaban J connectivity index is 2.16. The molecule has 1 saturated carbocycles. The van der Waals surface area contributed by atoms with Gasteiger partial charge in [0.15, 0.2) is 5.82 Å². The Bertz CT molecular complexity index is 268. The average molecular weight is 167 g/mol. The molecule has 0 amide bonds. The Hall–Kier alpha value is -1.19. The number of nitrogens with zero attached hydrogens (tertiary/aromatic N) is 3. The van der Waals surface area contributed by atoms with Gasteiger partial charge in [-0.3, -0.25) is 0 Å². The van der Waals surface area contributed by atoms with Gasteiger partial charge in [-0.25, -0.2) is 14.4 Å². The monoisotopic (exact) mass is 167 g/mol. The van der Waals surface area contributed by atoms with Gasteiger partial charge in [0.1, 0.15) is 0 Å². The molecule has 12 heavy (non-hydrogen) atoms. The first-order valence-corrected chi connectivity index (χ1v) is 3.98. The van der Waals surface area contributed by atoms with Gasteiger partial charge in [0.05, 0.1) is 12.4 Å². The maximum atomic E-state index is 12.4. The van der Waals surface area contributed by atoms with Gasteiger partial charge in [-0.05, 0) is 12.8 Å². The minimum absolute atomic E-state index is 0.386. The van der Waals surface area contributed by atoms with E-state index in [0.29, 0.717) is 12.0 Å². The molecule has 4 heteroatoms. The summed E-state index contributed by atoms with van der Waals surface area (Å²) in [5, 5.41) is 0. The number of rotatable bonds is 2. The molecular weight excluding hydrogens is 157 g/mol. The van der Waals surface area contributed by atoms with Crippen molar-refractivity contribution in [1.82, 2.24) is 9.97 Å². The molecule has 0 radical (unpaired) electrons. The largest absolute Gasteiger partial charge is 0.341 e. The molecule has 0 bridgehead atoms. The van der Waals surface area contributed by atoms with Crippen molar-refractivity contribution in [2.24, 2.45) is 0 Å². The van der Waals surface area contributed by atoms with E-state index in [1.165, 1.54) is 25.2 Å². The van der Waals surface area contributed by atoms with Crippen LogP contribution in [0, 0.1) is 5.82 Å². The third kappa shape index (κ3) is 1.37. The van der Waals surface area contributed by atoms with Crippen molar-refractivity contribution in [2.75, 3.05) is 11.9 Å². The molecular formula is C8H10FN3. The first-order valence-electron chi connectivity index (χ1n) is 3.98. The van der Waals surface area contributed by atoms with Crippen LogP contribution in [0.4, 0.5) is 10.3 Å². The van der Waals surface area contributed by atoms with E-state index < -0.39 is 0 Å². The minimum atomic E-state index is -0.386. The summed E-state index contributed by atoms with van der Waals surface area (Å²) < 4.78 is 12.4. The smallest absolute Gasteiger partial charge is 0.225 e. The molecule has 0 unspecified atom stereocenters. The second kappa shape index (κ2) is 2.69. The fourth-order valence-corrected chi connectivity index (χ4v) is 1.11. The summed E-state index contributed by atoms with van der Waals surface area (Å²) in [5.41, 5.74) is 0. The third-order valence-corrected chi connectivity index (χ3v) is 2.02. The Morgan fingerprint density at radius 3 is 2.50 bits per heavy atom. The van der Waals surface area contributed by atoms with Crippen LogP contribution in [0.1, 0.15) is 12.8 Å². The summed E-state index contributed by atoms with van der Waals surface area (Å²) in [6, 6.07) is 0.565. The molecule has 2 rings (SSSR count). The van der Waals surface area contributed by atoms with Crippen LogP contribution in [0.25, 0.3) is 0 Å². The predicted octanol–water partition coefficient (Wildman–Crippen LogP) is 1.21. The Morgan fingerprint density at radius 2 is 2.00 bits per heavy atom. The Labute approximate surface area is 70.3 Å². The van der Waals surface area contributed by atoms with Gasteiger partial charge in [0.25, 0.3) is 0 Å². The van der Waals surface area contributed by atoms with E-state index in [0.717, 1.165) is 0 Å². The van der Waals surface area contributed by atoms with Crippen molar-refractivity contribution in [2.45, 2.75) is 18.9 Å². The number of halogens is 1. The van der Waals surface area contributed by atoms with Gasteiger partial charge in [0.2, 0.25) is 5.95 Å². The van der Waals surface area contributed by atoms with E-state index in [2.05, 4.69) is 9.97 Å². The summed E-state index contributed by atoms with van der Waals surface area (Å²) in [4.78, 5) is 9.74. The zero-order chi connectivity index (χ0) is 8.55. The second-order valence-corrected chi connectivity index (χ2v) is 3.04. The first-order chi connectivity index (χ1) is 5.77. The van der Waals surface area contributed by atoms with E-state index in [1.54, 1.807) is 0 Å². The van der Waals surface area contributed by atoms with Crippen molar-refractivity contribution in [3.63, 3.8) is 0 Å². The highest BCUT2D eigenvalue weighted by Crippen LogP contribution is 2.27. The van der Waals surface area contributed by atoms with Crippen molar-refractivity contribution in [3.05, 3.63) is 18.2 Å². The molecule has 3 nitrogen and oxygen atoms in total. The highest BCUT2D eigenvalue weighted by molar-refractivity contribution is 5.31. The zero-order valence-corrected chi connectivity index (χ0v) is 6.87. The first kappa shape index (κ1) is 7.46. The van der Waals surface area contributed by atoms with Crippen LogP contribution in [-0.2, 0) is 0 Å². The van der Waals surface area contributed by atoms with Gasteiger partial charge in [0, 0.05) is 13.1 Å². The quantitative estimate of drug-likeness (QED) is 0.663. The van der Waals surface area contributed by atoms with E-state index in [9.17, 15) is 4.39 Å². The average Bonchev–Trinajstić information content (AvgIpc) is 2.87. The van der Waals surface area contributed by atoms with Gasteiger partial charge in [-0.2, -0.15) is 0 Å². The molecule has 1 fully saturated rings. The normalized spacial score (nSPS) is 16.2. The number of hydrogen-bond donors (Lipinski definition) is 0. The van der Waals surface area contributed by atoms with Crippen LogP contribution in [0.5, 0.6) is 0 Å². The van der Waals surface area contributed by atoms with Gasteiger partial charge >= 0.3 is 0 Å². The lowest BCUT2D eigenvalue weighted by Crippen LogP contribution is -2.21. The van der Waals surface area contributed by atoms with E-state index in [-0.39, 0.29) is 5.82 Å². The molecule has 1 aromatic heterocycles. The third-order valence-electron chi connectivity index (χ3n) is 2.02. The van der Waals surface area contributed by atoms with Crippen LogP contribution >= 0.6 is 0 Å². The summed E-state index contributed by atoms with van der Waals surface area (Å²) in [6.07, 6.45) is 4.77. The molecule has 1 aromatic rings. The number of aromatic nitrogens is 2. The molecule has 1 aliphatic rings. The van der Waals surface area contributed by atoms with Crippen molar-refractivity contribution >= 4 is 5.95 Å². The van der Waals surface area contributed by atoms with Gasteiger partial charge in [-0.1, -0.05) is 0 Å². The topological polar surface area (TPSA) is 29.0 Å². The molecule has 1 heterocycles. The highest BCUT2D eigenvalue weighted by atomic mass is 19.1. The predicted molar refractivity (Wildman–Crippen MR) is 43.4 cm³/mol. The summed E-state index contributed by atoms with van der Waals surface area (Å²) >= 11 is 0. The summed E-state index contributed by atoms with van der Waals surface area (Å²) in [5.74, 6) is 0.224. The minimum Gasteiger partial charge on any atom is -0.341 e. The molecule has 0 saturated heterocycles. The zero-order valence-electron chi connectivity index (χ0n) is 6.87. The Kier molecular flexibility index (Phi) is 1.67. The van der Waals surface area contributed by atoms with E-state index in [1.807, 2.05) is 11.9 Å². The standard InChI is InChI=1S/C8H10FN3/c1-12(7-2-3-7)8-10-4-6(9)5-11-8/h4-5,7H,2-3H2,1H3. The van der Waals surface area contributed by atoms with Crippen LogP contribution < -0.4 is 4.90 Å². The van der Waals surface area contributed by atoms with Crippen LogP contribution in [0.2, 0.25) is 0 Å². The van der Waals surface area contributed by atoms with Gasteiger partial charge in [-0.15, -0.1) is 0 Å². The van der Waals surface area contributed by atoms with Crippen LogP contribution in [-0.4, -0.2) is 23.1 Å². The molecule has 0 aliphatic heterocycles. The van der Waals surface area contributed by atoms with Crippen molar-refractivity contribution in [3.8, 4) is 0 Å². The summed E-state index contributed by atoms with van der Waals surface area (Å²) in [6.45, 7) is 0. The van der Waals surface area contributed by atoms with Crippen molar-refractivity contribution < 1.29 is 4.39 Å². The van der Waals surface area contributed by atoms with Crippen LogP contribution in [0.15, 0.2) is 12.4 Å². The maximum absolute atomic E-state index is 12.4. The highest BCUT2D eigenvalue weighted by Gasteiger charge is 2.27. The number of anilines is 1. The lowest BCUT2D eigenvalue weighted by atomic mass is 10.5. The molecule has 0 aromatic carbocycles. The van der Waals surface area contributed by atoms with Crippen LogP contribution in [0.3, 0.4) is 0 Å². The second-order valence-electron chi connectivity index (χ2n) is 3.04. The van der Waals surface area contributed by atoms with E-state index >= 15 is 0 Å². The molecule has 1 aliphatic carbocycles. The summed E-state index contributed by atoms with van der Waals surface area (Å²) in [7, 11) is 1.94. The molecule has 64 valence electrons. The lowest BCUT2D eigenvalue weighted by molar-refractivity contribution is 0.612. The number of hydrogen-bond acceptors (Lipinski definition) is 3. The maximum Gasteiger partial charge on any atom is 0.225 e. The fraction of sp³-hybridized carbons (Fsp3) is 0.500. The fourth-order valence-electron chi connectivity index (χ4n) is 1.11. The molecule has 0 N–H and O–H groups in total.